The first-order valence-corrected chi connectivity index (χ1v) is 8.59. The average molecular weight is 375 g/mol. The van der Waals surface area contributed by atoms with Crippen LogP contribution in [0.5, 0.6) is 11.5 Å². The predicted octanol–water partition coefficient (Wildman–Crippen LogP) is 2.74. The smallest absolute Gasteiger partial charge is 0.261 e. The number of methoxy groups -OCH3 is 2. The Kier molecular flexibility index (Phi) is 6.81. The van der Waals surface area contributed by atoms with Crippen LogP contribution in [0.15, 0.2) is 28.8 Å². The Morgan fingerprint density at radius 3 is 2.33 bits per heavy atom. The van der Waals surface area contributed by atoms with Gasteiger partial charge in [0.05, 0.1) is 14.2 Å². The minimum Gasteiger partial charge on any atom is -0.496 e. The Labute approximate surface area is 158 Å². The fourth-order valence-corrected chi connectivity index (χ4v) is 2.66. The quantitative estimate of drug-likeness (QED) is 0.762. The van der Waals surface area contributed by atoms with E-state index >= 15 is 0 Å². The molecule has 0 saturated heterocycles. The maximum atomic E-state index is 13.2. The molecule has 1 N–H and O–H groups in total. The largest absolute Gasteiger partial charge is 0.496 e. The van der Waals surface area contributed by atoms with E-state index in [2.05, 4.69) is 10.5 Å². The summed E-state index contributed by atoms with van der Waals surface area (Å²) in [5, 5.41) is 6.36. The predicted molar refractivity (Wildman–Crippen MR) is 100 cm³/mol. The van der Waals surface area contributed by atoms with E-state index in [4.69, 9.17) is 14.0 Å². The van der Waals surface area contributed by atoms with Gasteiger partial charge in [0.2, 0.25) is 5.91 Å². The SMILES string of the molecule is COc1cccc(OC)c1C(=O)N(CC(=O)Nc1cc(C)on1)CC(C)C. The number of anilines is 1. The standard InChI is InChI=1S/C19H25N3O5/c1-12(2)10-22(11-17(23)20-16-9-13(3)27-21-16)19(24)18-14(25-4)7-6-8-15(18)26-5/h6-9,12H,10-11H2,1-5H3,(H,20,21,23). The third-order valence-electron chi connectivity index (χ3n) is 3.74. The van der Waals surface area contributed by atoms with Crippen LogP contribution in [0.1, 0.15) is 30.0 Å². The topological polar surface area (TPSA) is 93.9 Å². The molecule has 146 valence electrons. The lowest BCUT2D eigenvalue weighted by atomic mass is 10.1. The summed E-state index contributed by atoms with van der Waals surface area (Å²) in [6, 6.07) is 6.71. The molecule has 0 saturated carbocycles. The first-order valence-electron chi connectivity index (χ1n) is 8.59. The van der Waals surface area contributed by atoms with E-state index in [0.29, 0.717) is 29.6 Å². The molecule has 1 aromatic carbocycles. The van der Waals surface area contributed by atoms with Crippen LogP contribution in [-0.2, 0) is 4.79 Å². The molecule has 1 aromatic heterocycles. The summed E-state index contributed by atoms with van der Waals surface area (Å²) < 4.78 is 15.6. The summed E-state index contributed by atoms with van der Waals surface area (Å²) in [5.41, 5.74) is 0.285. The van der Waals surface area contributed by atoms with Crippen molar-refractivity contribution in [2.75, 3.05) is 32.6 Å². The summed E-state index contributed by atoms with van der Waals surface area (Å²) in [4.78, 5) is 27.1. The fourth-order valence-electron chi connectivity index (χ4n) is 2.66. The number of aromatic nitrogens is 1. The van der Waals surface area contributed by atoms with Gasteiger partial charge in [-0.1, -0.05) is 25.1 Å². The van der Waals surface area contributed by atoms with Gasteiger partial charge >= 0.3 is 0 Å². The second-order valence-corrected chi connectivity index (χ2v) is 6.49. The van der Waals surface area contributed by atoms with Crippen molar-refractivity contribution in [1.29, 1.82) is 0 Å². The highest BCUT2D eigenvalue weighted by Crippen LogP contribution is 2.29. The monoisotopic (exact) mass is 375 g/mol. The van der Waals surface area contributed by atoms with Crippen LogP contribution in [0.3, 0.4) is 0 Å². The lowest BCUT2D eigenvalue weighted by molar-refractivity contribution is -0.117. The van der Waals surface area contributed by atoms with Gasteiger partial charge in [0.1, 0.15) is 29.4 Å². The van der Waals surface area contributed by atoms with Crippen LogP contribution in [0.2, 0.25) is 0 Å². The van der Waals surface area contributed by atoms with E-state index < -0.39 is 0 Å². The second-order valence-electron chi connectivity index (χ2n) is 6.49. The molecule has 8 heteroatoms. The number of aryl methyl sites for hydroxylation is 1. The number of carbonyl (C=O) groups excluding carboxylic acids is 2. The highest BCUT2D eigenvalue weighted by atomic mass is 16.5. The van der Waals surface area contributed by atoms with E-state index in [9.17, 15) is 9.59 Å². The van der Waals surface area contributed by atoms with Crippen molar-refractivity contribution in [3.05, 3.63) is 35.6 Å². The fraction of sp³-hybridized carbons (Fsp3) is 0.421. The van der Waals surface area contributed by atoms with Crippen molar-refractivity contribution >= 4 is 17.6 Å². The molecular formula is C19H25N3O5. The van der Waals surface area contributed by atoms with Crippen molar-refractivity contribution < 1.29 is 23.6 Å². The lowest BCUT2D eigenvalue weighted by Crippen LogP contribution is -2.40. The minimum atomic E-state index is -0.369. The van der Waals surface area contributed by atoms with Gasteiger partial charge in [-0.3, -0.25) is 9.59 Å². The number of benzene rings is 1. The van der Waals surface area contributed by atoms with Crippen LogP contribution in [0.25, 0.3) is 0 Å². The van der Waals surface area contributed by atoms with Crippen LogP contribution in [0, 0.1) is 12.8 Å². The first kappa shape index (κ1) is 20.3. The van der Waals surface area contributed by atoms with Crippen LogP contribution in [0.4, 0.5) is 5.82 Å². The molecule has 0 fully saturated rings. The van der Waals surface area contributed by atoms with Crippen molar-refractivity contribution in [2.45, 2.75) is 20.8 Å². The number of rotatable bonds is 8. The third-order valence-corrected chi connectivity index (χ3v) is 3.74. The summed E-state index contributed by atoms with van der Waals surface area (Å²) in [5.74, 6) is 1.12. The number of nitrogens with zero attached hydrogens (tertiary/aromatic N) is 2. The number of amides is 2. The van der Waals surface area contributed by atoms with Crippen molar-refractivity contribution in [3.8, 4) is 11.5 Å². The molecule has 2 rings (SSSR count). The van der Waals surface area contributed by atoms with Gasteiger partial charge in [0, 0.05) is 12.6 Å². The zero-order valence-electron chi connectivity index (χ0n) is 16.2. The maximum absolute atomic E-state index is 13.2. The van der Waals surface area contributed by atoms with E-state index in [0.717, 1.165) is 0 Å². The van der Waals surface area contributed by atoms with Gasteiger partial charge in [-0.15, -0.1) is 0 Å². The van der Waals surface area contributed by atoms with Gasteiger partial charge in [-0.25, -0.2) is 0 Å². The summed E-state index contributed by atoms with van der Waals surface area (Å²) in [6.45, 7) is 5.93. The molecule has 0 spiro atoms. The number of carbonyl (C=O) groups is 2. The van der Waals surface area contributed by atoms with Crippen molar-refractivity contribution in [3.63, 3.8) is 0 Å². The van der Waals surface area contributed by atoms with Crippen molar-refractivity contribution in [2.24, 2.45) is 5.92 Å². The van der Waals surface area contributed by atoms with E-state index in [1.54, 1.807) is 31.2 Å². The van der Waals surface area contributed by atoms with E-state index in [1.807, 2.05) is 13.8 Å². The molecule has 27 heavy (non-hydrogen) atoms. The van der Waals surface area contributed by atoms with Gasteiger partial charge in [0.15, 0.2) is 5.82 Å². The van der Waals surface area contributed by atoms with Crippen LogP contribution < -0.4 is 14.8 Å². The molecule has 0 aliphatic rings. The second kappa shape index (κ2) is 9.07. The number of hydrogen-bond donors (Lipinski definition) is 1. The Balaban J connectivity index is 2.25. The van der Waals surface area contributed by atoms with Gasteiger partial charge in [-0.05, 0) is 25.0 Å². The van der Waals surface area contributed by atoms with Crippen molar-refractivity contribution in [1.82, 2.24) is 10.1 Å². The Morgan fingerprint density at radius 1 is 1.22 bits per heavy atom. The van der Waals surface area contributed by atoms with E-state index in [-0.39, 0.29) is 29.8 Å². The normalized spacial score (nSPS) is 10.6. The molecule has 0 bridgehead atoms. The van der Waals surface area contributed by atoms with Crippen LogP contribution in [-0.4, -0.2) is 49.2 Å². The zero-order valence-corrected chi connectivity index (χ0v) is 16.2. The average Bonchev–Trinajstić information content (AvgIpc) is 3.03. The molecule has 0 aliphatic carbocycles. The molecule has 0 radical (unpaired) electrons. The Bertz CT molecular complexity index is 778. The summed E-state index contributed by atoms with van der Waals surface area (Å²) in [6.07, 6.45) is 0. The molecular weight excluding hydrogens is 350 g/mol. The van der Waals surface area contributed by atoms with Gasteiger partial charge < -0.3 is 24.2 Å². The van der Waals surface area contributed by atoms with Gasteiger partial charge in [0.25, 0.3) is 5.91 Å². The Morgan fingerprint density at radius 2 is 1.85 bits per heavy atom. The first-order chi connectivity index (χ1) is 12.8. The highest BCUT2D eigenvalue weighted by Gasteiger charge is 2.26. The van der Waals surface area contributed by atoms with Crippen LogP contribution >= 0.6 is 0 Å². The summed E-state index contributed by atoms with van der Waals surface area (Å²) >= 11 is 0. The molecule has 2 aromatic rings. The number of ether oxygens (including phenoxy) is 2. The number of nitrogens with one attached hydrogen (secondary N) is 1. The zero-order chi connectivity index (χ0) is 20.0. The highest BCUT2D eigenvalue weighted by molar-refractivity contribution is 6.02. The molecule has 0 unspecified atom stereocenters. The molecule has 1 heterocycles. The molecule has 0 atom stereocenters. The lowest BCUT2D eigenvalue weighted by Gasteiger charge is -2.25. The molecule has 2 amide bonds. The molecule has 0 aliphatic heterocycles. The van der Waals surface area contributed by atoms with E-state index in [1.165, 1.54) is 19.1 Å². The molecule has 8 nitrogen and oxygen atoms in total. The van der Waals surface area contributed by atoms with Gasteiger partial charge in [-0.2, -0.15) is 0 Å². The summed E-state index contributed by atoms with van der Waals surface area (Å²) in [7, 11) is 2.97. The maximum Gasteiger partial charge on any atom is 0.261 e. The minimum absolute atomic E-state index is 0.135. The third kappa shape index (κ3) is 5.22. The Hall–Kier alpha value is -3.03. The number of hydrogen-bond acceptors (Lipinski definition) is 6.